The van der Waals surface area contributed by atoms with Gasteiger partial charge < -0.3 is 20.7 Å². The van der Waals surface area contributed by atoms with Crippen LogP contribution in [-0.4, -0.2) is 74.8 Å². The highest BCUT2D eigenvalue weighted by molar-refractivity contribution is 7.81. The zero-order valence-electron chi connectivity index (χ0n) is 13.5. The van der Waals surface area contributed by atoms with Gasteiger partial charge in [0.15, 0.2) is 0 Å². The number of hydroxylamine groups is 2. The molecular formula is C12H20N4O8S. The smallest absolute Gasteiger partial charge is 0.421 e. The molecule has 2 rings (SSSR count). The normalized spacial score (nSPS) is 22.8. The second-order valence-electron chi connectivity index (χ2n) is 5.36. The fraction of sp³-hybridized carbons (Fsp3) is 0.750. The van der Waals surface area contributed by atoms with Gasteiger partial charge in [0.1, 0.15) is 6.04 Å². The summed E-state index contributed by atoms with van der Waals surface area (Å²) >= 11 is 0. The van der Waals surface area contributed by atoms with Crippen LogP contribution in [0.2, 0.25) is 0 Å². The number of nitrogens with one attached hydrogen (secondary N) is 1. The lowest BCUT2D eigenvalue weighted by Gasteiger charge is -2.27. The Morgan fingerprint density at radius 1 is 1.36 bits per heavy atom. The number of fused-ring (bicyclic) bond motifs is 2. The zero-order valence-corrected chi connectivity index (χ0v) is 14.4. The van der Waals surface area contributed by atoms with Gasteiger partial charge in [-0.05, 0) is 19.8 Å². The van der Waals surface area contributed by atoms with Gasteiger partial charge in [-0.15, -0.1) is 4.28 Å². The number of alkyl carbamates (subject to hydrolysis) is 1. The van der Waals surface area contributed by atoms with Gasteiger partial charge in [-0.1, -0.05) is 0 Å². The molecule has 2 bridgehead atoms. The Morgan fingerprint density at radius 2 is 2.08 bits per heavy atom. The number of hydrogen-bond acceptors (Lipinski definition) is 8. The third kappa shape index (κ3) is 4.70. The Kier molecular flexibility index (Phi) is 6.02. The predicted octanol–water partition coefficient (Wildman–Crippen LogP) is -1.32. The molecule has 0 saturated carbocycles. The summed E-state index contributed by atoms with van der Waals surface area (Å²) in [6.07, 6.45) is -0.00983. The lowest BCUT2D eigenvalue weighted by atomic mass is 10.0. The molecule has 0 aromatic rings. The number of hydrogen-bond donors (Lipinski definition) is 2. The number of urea groups is 1. The van der Waals surface area contributed by atoms with E-state index in [1.165, 1.54) is 4.90 Å². The first-order valence-electron chi connectivity index (χ1n) is 7.64. The van der Waals surface area contributed by atoms with Crippen molar-refractivity contribution in [1.82, 2.24) is 15.3 Å². The van der Waals surface area contributed by atoms with Gasteiger partial charge in [0.25, 0.3) is 0 Å². The van der Waals surface area contributed by atoms with Crippen LogP contribution >= 0.6 is 0 Å². The van der Waals surface area contributed by atoms with Crippen LogP contribution in [0, 0.1) is 0 Å². The van der Waals surface area contributed by atoms with E-state index < -0.39 is 47.1 Å². The Hall–Kier alpha value is -2.12. The van der Waals surface area contributed by atoms with Crippen molar-refractivity contribution in [3.05, 3.63) is 0 Å². The van der Waals surface area contributed by atoms with Crippen molar-refractivity contribution in [3.8, 4) is 0 Å². The molecule has 2 atom stereocenters. The van der Waals surface area contributed by atoms with E-state index in [9.17, 15) is 22.8 Å². The van der Waals surface area contributed by atoms with Crippen LogP contribution < -0.4 is 11.1 Å². The first-order valence-corrected chi connectivity index (χ1v) is 8.97. The summed E-state index contributed by atoms with van der Waals surface area (Å²) in [6, 6.07) is -2.06. The van der Waals surface area contributed by atoms with E-state index in [1.807, 2.05) is 0 Å². The molecule has 0 aromatic carbocycles. The van der Waals surface area contributed by atoms with E-state index in [2.05, 4.69) is 14.2 Å². The number of amides is 4. The Labute approximate surface area is 144 Å². The minimum absolute atomic E-state index is 0.130. The molecule has 25 heavy (non-hydrogen) atoms. The van der Waals surface area contributed by atoms with E-state index in [4.69, 9.17) is 10.0 Å². The third-order valence-corrected chi connectivity index (χ3v) is 4.50. The third-order valence-electron chi connectivity index (χ3n) is 3.70. The Balaban J connectivity index is 1.85. The van der Waals surface area contributed by atoms with Crippen LogP contribution in [0.15, 0.2) is 0 Å². The summed E-state index contributed by atoms with van der Waals surface area (Å²) in [4.78, 5) is 35.7. The van der Waals surface area contributed by atoms with Crippen molar-refractivity contribution in [3.63, 3.8) is 0 Å². The second-order valence-corrected chi connectivity index (χ2v) is 6.56. The zero-order chi connectivity index (χ0) is 18.6. The molecule has 0 unspecified atom stereocenters. The van der Waals surface area contributed by atoms with E-state index >= 15 is 0 Å². The molecule has 2 aliphatic rings. The van der Waals surface area contributed by atoms with E-state index in [0.29, 0.717) is 17.9 Å². The summed E-state index contributed by atoms with van der Waals surface area (Å²) < 4.78 is 37.5. The molecule has 2 saturated heterocycles. The molecule has 4 amide bonds. The summed E-state index contributed by atoms with van der Waals surface area (Å²) in [5, 5.41) is 2.95. The molecule has 2 heterocycles. The SMILES string of the molecule is CCOC(=O)NCCOS(=O)(=O)ON1C(=O)N2C[C@H]1CC[C@H]2C(N)=O. The second kappa shape index (κ2) is 7.84. The van der Waals surface area contributed by atoms with Crippen LogP contribution in [0.1, 0.15) is 19.8 Å². The highest BCUT2D eigenvalue weighted by Crippen LogP contribution is 2.30. The fourth-order valence-corrected chi connectivity index (χ4v) is 3.34. The number of rotatable bonds is 8. The van der Waals surface area contributed by atoms with E-state index in [0.717, 1.165) is 0 Å². The van der Waals surface area contributed by atoms with Gasteiger partial charge in [0.05, 0.1) is 19.3 Å². The summed E-state index contributed by atoms with van der Waals surface area (Å²) in [6.45, 7) is 1.41. The number of ether oxygens (including phenoxy) is 1. The van der Waals surface area contributed by atoms with Crippen LogP contribution in [0.25, 0.3) is 0 Å². The molecule has 2 fully saturated rings. The largest absolute Gasteiger partial charge is 0.450 e. The maximum atomic E-state index is 12.2. The minimum Gasteiger partial charge on any atom is -0.450 e. The van der Waals surface area contributed by atoms with Crippen molar-refractivity contribution in [2.75, 3.05) is 26.3 Å². The first kappa shape index (κ1) is 19.2. The van der Waals surface area contributed by atoms with Gasteiger partial charge >= 0.3 is 22.5 Å². The van der Waals surface area contributed by atoms with Gasteiger partial charge in [-0.3, -0.25) is 4.79 Å². The van der Waals surface area contributed by atoms with Crippen molar-refractivity contribution in [2.24, 2.45) is 5.73 Å². The Bertz CT molecular complexity index is 639. The number of primary amides is 1. The summed E-state index contributed by atoms with van der Waals surface area (Å²) in [7, 11) is -4.51. The maximum absolute atomic E-state index is 12.2. The number of nitrogens with zero attached hydrogens (tertiary/aromatic N) is 2. The topological polar surface area (TPSA) is 158 Å². The van der Waals surface area contributed by atoms with Crippen LogP contribution in [-0.2, 0) is 28.4 Å². The average molecular weight is 380 g/mol. The van der Waals surface area contributed by atoms with Crippen molar-refractivity contribution >= 4 is 28.4 Å². The Morgan fingerprint density at radius 3 is 2.72 bits per heavy atom. The highest BCUT2D eigenvalue weighted by atomic mass is 32.3. The van der Waals surface area contributed by atoms with E-state index in [-0.39, 0.29) is 19.7 Å². The van der Waals surface area contributed by atoms with Crippen molar-refractivity contribution < 1.29 is 36.0 Å². The predicted molar refractivity (Wildman–Crippen MR) is 80.9 cm³/mol. The molecule has 13 heteroatoms. The molecule has 0 spiro atoms. The number of nitrogens with two attached hydrogens (primary N) is 1. The lowest BCUT2D eigenvalue weighted by Crippen LogP contribution is -2.47. The molecule has 0 aromatic heterocycles. The molecule has 12 nitrogen and oxygen atoms in total. The number of carbonyl (C=O) groups is 3. The molecule has 0 aliphatic carbocycles. The first-order chi connectivity index (χ1) is 11.7. The summed E-state index contributed by atoms with van der Waals surface area (Å²) in [5.74, 6) is -0.655. The summed E-state index contributed by atoms with van der Waals surface area (Å²) in [5.41, 5.74) is 5.23. The van der Waals surface area contributed by atoms with Gasteiger partial charge in [0, 0.05) is 13.1 Å². The highest BCUT2D eigenvalue weighted by Gasteiger charge is 2.49. The van der Waals surface area contributed by atoms with Crippen LogP contribution in [0.4, 0.5) is 9.59 Å². The van der Waals surface area contributed by atoms with Crippen LogP contribution in [0.5, 0.6) is 0 Å². The van der Waals surface area contributed by atoms with Gasteiger partial charge in [-0.2, -0.15) is 13.5 Å². The number of piperidine rings is 1. The van der Waals surface area contributed by atoms with Crippen molar-refractivity contribution in [1.29, 1.82) is 0 Å². The van der Waals surface area contributed by atoms with Gasteiger partial charge in [-0.25, -0.2) is 13.8 Å². The quantitative estimate of drug-likeness (QED) is 0.491. The molecule has 142 valence electrons. The molecule has 2 aliphatic heterocycles. The maximum Gasteiger partial charge on any atom is 0.421 e. The molecular weight excluding hydrogens is 360 g/mol. The minimum atomic E-state index is -4.51. The average Bonchev–Trinajstić information content (AvgIpc) is 2.76. The fourth-order valence-electron chi connectivity index (χ4n) is 2.62. The van der Waals surface area contributed by atoms with Gasteiger partial charge in [0.2, 0.25) is 5.91 Å². The molecule has 0 radical (unpaired) electrons. The van der Waals surface area contributed by atoms with Crippen LogP contribution in [0.3, 0.4) is 0 Å². The number of carbonyl (C=O) groups excluding carboxylic acids is 3. The monoisotopic (exact) mass is 380 g/mol. The van der Waals surface area contributed by atoms with E-state index in [1.54, 1.807) is 6.92 Å². The molecule has 3 N–H and O–H groups in total. The standard InChI is InChI=1S/C12H20N4O8S/c1-2-22-11(18)14-5-6-23-25(20,21)24-16-8-3-4-9(10(13)17)15(7-8)12(16)19/h8-9H,2-7H2,1H3,(H2,13,17)(H,14,18)/t8-,9+/m1/s1. The van der Waals surface area contributed by atoms with Crippen molar-refractivity contribution in [2.45, 2.75) is 31.8 Å². The lowest BCUT2D eigenvalue weighted by molar-refractivity contribution is -0.122.